The van der Waals surface area contributed by atoms with Crippen molar-refractivity contribution in [2.75, 3.05) is 11.9 Å². The van der Waals surface area contributed by atoms with Crippen LogP contribution in [0.25, 0.3) is 0 Å². The van der Waals surface area contributed by atoms with Gasteiger partial charge in [-0.1, -0.05) is 31.0 Å². The Morgan fingerprint density at radius 2 is 2.40 bits per heavy atom. The predicted molar refractivity (Wildman–Crippen MR) is 80.9 cm³/mol. The van der Waals surface area contributed by atoms with Gasteiger partial charge in [-0.3, -0.25) is 4.79 Å². The molecule has 1 aromatic carbocycles. The average Bonchev–Trinajstić information content (AvgIpc) is 2.39. The average molecular weight is 297 g/mol. The number of nitrogens with one attached hydrogen (secondary N) is 1. The first-order valence-corrected chi connectivity index (χ1v) is 7.39. The molecule has 0 aromatic heterocycles. The molecule has 110 valence electrons. The number of carbonyl (C=O) groups excluding carboxylic acids is 1. The molecule has 20 heavy (non-hydrogen) atoms. The van der Waals surface area contributed by atoms with Gasteiger partial charge in [-0.05, 0) is 24.6 Å². The second kappa shape index (κ2) is 6.46. The molecular weight excluding hydrogens is 276 g/mol. The summed E-state index contributed by atoms with van der Waals surface area (Å²) in [6.45, 7) is 2.65. The molecule has 4 nitrogen and oxygen atoms in total. The van der Waals surface area contributed by atoms with Crippen molar-refractivity contribution in [3.63, 3.8) is 0 Å². The Labute approximate surface area is 124 Å². The Hall–Kier alpha value is -1.26. The highest BCUT2D eigenvalue weighted by Gasteiger charge is 2.41. The van der Waals surface area contributed by atoms with Gasteiger partial charge in [0, 0.05) is 30.2 Å². The van der Waals surface area contributed by atoms with E-state index in [1.807, 2.05) is 12.1 Å². The molecule has 2 rings (SSSR count). The quantitative estimate of drug-likeness (QED) is 0.878. The van der Waals surface area contributed by atoms with Crippen molar-refractivity contribution < 1.29 is 9.53 Å². The first-order valence-electron chi connectivity index (χ1n) is 7.01. The molecule has 1 aromatic rings. The van der Waals surface area contributed by atoms with Crippen LogP contribution in [-0.4, -0.2) is 24.2 Å². The van der Waals surface area contributed by atoms with Gasteiger partial charge in [-0.15, -0.1) is 0 Å². The van der Waals surface area contributed by atoms with Crippen LogP contribution < -0.4 is 11.1 Å². The molecule has 1 saturated heterocycles. The van der Waals surface area contributed by atoms with Crippen molar-refractivity contribution in [2.24, 2.45) is 5.73 Å². The molecule has 1 aliphatic heterocycles. The number of anilines is 1. The number of benzene rings is 1. The fourth-order valence-corrected chi connectivity index (χ4v) is 2.89. The normalized spacial score (nSPS) is 26.2. The van der Waals surface area contributed by atoms with Crippen molar-refractivity contribution in [1.29, 1.82) is 0 Å². The number of carbonyl (C=O) groups is 1. The zero-order valence-electron chi connectivity index (χ0n) is 11.7. The number of halogens is 1. The Morgan fingerprint density at radius 3 is 3.05 bits per heavy atom. The second-order valence-electron chi connectivity index (χ2n) is 5.32. The van der Waals surface area contributed by atoms with Gasteiger partial charge < -0.3 is 15.8 Å². The van der Waals surface area contributed by atoms with Crippen molar-refractivity contribution in [2.45, 2.75) is 44.2 Å². The van der Waals surface area contributed by atoms with Gasteiger partial charge in [0.15, 0.2) is 0 Å². The summed E-state index contributed by atoms with van der Waals surface area (Å²) in [6, 6.07) is 7.34. The van der Waals surface area contributed by atoms with Crippen LogP contribution in [0.2, 0.25) is 5.02 Å². The molecule has 0 radical (unpaired) electrons. The third kappa shape index (κ3) is 3.44. The molecule has 0 aliphatic carbocycles. The van der Waals surface area contributed by atoms with E-state index in [1.165, 1.54) is 0 Å². The minimum absolute atomic E-state index is 0.0768. The smallest absolute Gasteiger partial charge is 0.243 e. The van der Waals surface area contributed by atoms with E-state index < -0.39 is 5.54 Å². The summed E-state index contributed by atoms with van der Waals surface area (Å²) < 4.78 is 5.71. The number of ether oxygens (including phenoxy) is 1. The molecule has 1 amide bonds. The van der Waals surface area contributed by atoms with Crippen molar-refractivity contribution >= 4 is 23.2 Å². The zero-order valence-corrected chi connectivity index (χ0v) is 12.5. The molecule has 0 saturated carbocycles. The first-order chi connectivity index (χ1) is 9.55. The largest absolute Gasteiger partial charge is 0.378 e. The van der Waals surface area contributed by atoms with Crippen LogP contribution in [0.3, 0.4) is 0 Å². The Morgan fingerprint density at radius 1 is 1.60 bits per heavy atom. The molecule has 2 atom stereocenters. The molecule has 1 aliphatic rings. The molecule has 1 fully saturated rings. The van der Waals surface area contributed by atoms with Gasteiger partial charge in [0.2, 0.25) is 5.91 Å². The number of nitrogens with two attached hydrogens (primary N) is 1. The number of hydrogen-bond donors (Lipinski definition) is 2. The predicted octanol–water partition coefficient (Wildman–Crippen LogP) is 2.96. The molecule has 5 heteroatoms. The monoisotopic (exact) mass is 296 g/mol. The van der Waals surface area contributed by atoms with Crippen LogP contribution in [0.1, 0.15) is 32.6 Å². The summed E-state index contributed by atoms with van der Waals surface area (Å²) in [5.41, 5.74) is 5.72. The number of hydrogen-bond acceptors (Lipinski definition) is 3. The lowest BCUT2D eigenvalue weighted by molar-refractivity contribution is -0.127. The van der Waals surface area contributed by atoms with E-state index >= 15 is 0 Å². The Bertz CT molecular complexity index is 479. The van der Waals surface area contributed by atoms with E-state index in [4.69, 9.17) is 22.1 Å². The van der Waals surface area contributed by atoms with E-state index in [1.54, 1.807) is 12.1 Å². The van der Waals surface area contributed by atoms with E-state index in [0.717, 1.165) is 18.5 Å². The van der Waals surface area contributed by atoms with Crippen LogP contribution in [-0.2, 0) is 9.53 Å². The highest BCUT2D eigenvalue weighted by atomic mass is 35.5. The van der Waals surface area contributed by atoms with Gasteiger partial charge in [-0.25, -0.2) is 0 Å². The van der Waals surface area contributed by atoms with E-state index in [2.05, 4.69) is 12.2 Å². The molecule has 0 spiro atoms. The van der Waals surface area contributed by atoms with Crippen LogP contribution in [0, 0.1) is 0 Å². The lowest BCUT2D eigenvalue weighted by atomic mass is 9.84. The fourth-order valence-electron chi connectivity index (χ4n) is 2.70. The maximum atomic E-state index is 12.0. The van der Waals surface area contributed by atoms with Gasteiger partial charge >= 0.3 is 0 Å². The highest BCUT2D eigenvalue weighted by molar-refractivity contribution is 6.30. The third-order valence-electron chi connectivity index (χ3n) is 3.75. The fraction of sp³-hybridized carbons (Fsp3) is 0.533. The van der Waals surface area contributed by atoms with Gasteiger partial charge in [0.25, 0.3) is 0 Å². The topological polar surface area (TPSA) is 64.3 Å². The molecule has 0 bridgehead atoms. The summed E-state index contributed by atoms with van der Waals surface area (Å²) >= 11 is 5.99. The van der Waals surface area contributed by atoms with Gasteiger partial charge in [0.05, 0.1) is 6.10 Å². The third-order valence-corrected chi connectivity index (χ3v) is 3.98. The van der Waals surface area contributed by atoms with E-state index in [-0.39, 0.29) is 12.0 Å². The minimum Gasteiger partial charge on any atom is -0.378 e. The zero-order chi connectivity index (χ0) is 14.6. The SMILES string of the molecule is CCCC1CC(Nc2cccc(Cl)c2)(C(N)=O)CCO1. The van der Waals surface area contributed by atoms with Crippen molar-refractivity contribution in [3.05, 3.63) is 29.3 Å². The summed E-state index contributed by atoms with van der Waals surface area (Å²) in [5.74, 6) is -0.332. The van der Waals surface area contributed by atoms with E-state index in [9.17, 15) is 4.79 Å². The summed E-state index contributed by atoms with van der Waals surface area (Å²) in [7, 11) is 0. The van der Waals surface area contributed by atoms with Gasteiger partial charge in [-0.2, -0.15) is 0 Å². The first kappa shape index (κ1) is 15.1. The molecular formula is C15H21ClN2O2. The minimum atomic E-state index is -0.747. The van der Waals surface area contributed by atoms with Crippen LogP contribution >= 0.6 is 11.6 Å². The molecule has 2 unspecified atom stereocenters. The summed E-state index contributed by atoms with van der Waals surface area (Å²) in [6.07, 6.45) is 3.22. The number of primary amides is 1. The lowest BCUT2D eigenvalue weighted by Gasteiger charge is -2.39. The molecule has 3 N–H and O–H groups in total. The standard InChI is InChI=1S/C15H21ClN2O2/c1-2-4-13-10-15(14(17)19,7-8-20-13)18-12-6-3-5-11(16)9-12/h3,5-6,9,13,18H,2,4,7-8,10H2,1H3,(H2,17,19). The second-order valence-corrected chi connectivity index (χ2v) is 5.75. The van der Waals surface area contributed by atoms with E-state index in [0.29, 0.717) is 24.5 Å². The van der Waals surface area contributed by atoms with Gasteiger partial charge in [0.1, 0.15) is 5.54 Å². The maximum absolute atomic E-state index is 12.0. The summed E-state index contributed by atoms with van der Waals surface area (Å²) in [4.78, 5) is 12.0. The highest BCUT2D eigenvalue weighted by Crippen LogP contribution is 2.31. The van der Waals surface area contributed by atoms with Crippen LogP contribution in [0.5, 0.6) is 0 Å². The Kier molecular flexibility index (Phi) is 4.89. The van der Waals surface area contributed by atoms with Crippen LogP contribution in [0.15, 0.2) is 24.3 Å². The van der Waals surface area contributed by atoms with Crippen molar-refractivity contribution in [1.82, 2.24) is 0 Å². The van der Waals surface area contributed by atoms with Crippen molar-refractivity contribution in [3.8, 4) is 0 Å². The maximum Gasteiger partial charge on any atom is 0.243 e. The number of rotatable bonds is 5. The summed E-state index contributed by atoms with van der Waals surface area (Å²) in [5, 5.41) is 3.92. The van der Waals surface area contributed by atoms with Crippen LogP contribution in [0.4, 0.5) is 5.69 Å². The number of amides is 1. The Balaban J connectivity index is 2.19. The lowest BCUT2D eigenvalue weighted by Crippen LogP contribution is -2.56. The molecule has 1 heterocycles.